The van der Waals surface area contributed by atoms with Gasteiger partial charge in [0.2, 0.25) is 0 Å². The van der Waals surface area contributed by atoms with Gasteiger partial charge in [0.15, 0.2) is 21.9 Å². The SMILES string of the molecule is CCc1cccc(CC)c1Nc1nc(N(c2nc3ccc(S(=O)(=O)[O-])cc3s2)c2c(CC)cccc2CC)cc(C)c1N=Nc1c(C#N)c(C)nn1-c1nc2cc[c-]cc2s1.[Li+].[Li+]. The van der Waals surface area contributed by atoms with Crippen molar-refractivity contribution in [2.45, 2.75) is 72.1 Å². The summed E-state index contributed by atoms with van der Waals surface area (Å²) >= 11 is 2.68. The number of nitriles is 1. The third kappa shape index (κ3) is 9.25. The van der Waals surface area contributed by atoms with Crippen LogP contribution in [-0.2, 0) is 35.8 Å². The van der Waals surface area contributed by atoms with Crippen molar-refractivity contribution in [3.63, 3.8) is 0 Å². The summed E-state index contributed by atoms with van der Waals surface area (Å²) in [5.41, 5.74) is 9.38. The summed E-state index contributed by atoms with van der Waals surface area (Å²) in [7, 11) is -4.69. The fourth-order valence-electron chi connectivity index (χ4n) is 7.32. The average Bonchev–Trinajstić information content (AvgIpc) is 3.97. The summed E-state index contributed by atoms with van der Waals surface area (Å²) in [6.45, 7) is 12.1. The van der Waals surface area contributed by atoms with Gasteiger partial charge in [0.05, 0.1) is 26.5 Å². The number of rotatable bonds is 13. The molecule has 63 heavy (non-hydrogen) atoms. The minimum Gasteiger partial charge on any atom is -0.744 e. The molecule has 0 amide bonds. The summed E-state index contributed by atoms with van der Waals surface area (Å²) < 4.78 is 39.1. The molecule has 13 nitrogen and oxygen atoms in total. The number of benzene rings is 4. The third-order valence-electron chi connectivity index (χ3n) is 10.5. The molecule has 8 aromatic rings. The van der Waals surface area contributed by atoms with Crippen molar-refractivity contribution in [1.82, 2.24) is 24.7 Å². The number of azo groups is 1. The quantitative estimate of drug-likeness (QED) is 0.0667. The minimum absolute atomic E-state index is 0. The number of nitrogens with one attached hydrogen (secondary N) is 1. The van der Waals surface area contributed by atoms with Gasteiger partial charge in [-0.05, 0) is 97.1 Å². The van der Waals surface area contributed by atoms with Crippen molar-refractivity contribution < 1.29 is 50.7 Å². The number of nitrogens with zero attached hydrogens (tertiary/aromatic N) is 9. The summed E-state index contributed by atoms with van der Waals surface area (Å²) in [5.74, 6) is 1.19. The molecule has 0 saturated carbocycles. The van der Waals surface area contributed by atoms with Crippen LogP contribution in [0.1, 0.15) is 66.8 Å². The third-order valence-corrected chi connectivity index (χ3v) is 13.3. The fraction of sp³-hybridized carbons (Fsp3) is 0.222. The molecule has 0 atom stereocenters. The Balaban J connectivity index is 0.00000330. The van der Waals surface area contributed by atoms with Crippen LogP contribution in [0.25, 0.3) is 25.6 Å². The summed E-state index contributed by atoms with van der Waals surface area (Å²) in [6.07, 6.45) is 2.95. The smallest absolute Gasteiger partial charge is 0.744 e. The number of hydrogen-bond acceptors (Lipinski definition) is 14. The maximum absolute atomic E-state index is 12.0. The van der Waals surface area contributed by atoms with Crippen LogP contribution >= 0.6 is 22.7 Å². The molecule has 0 aliphatic rings. The molecule has 4 aromatic heterocycles. The van der Waals surface area contributed by atoms with Gasteiger partial charge in [0.25, 0.3) is 0 Å². The van der Waals surface area contributed by atoms with Gasteiger partial charge in [-0.1, -0.05) is 80.1 Å². The number of hydrogen-bond donors (Lipinski definition) is 1. The van der Waals surface area contributed by atoms with Crippen LogP contribution in [0.4, 0.5) is 39.6 Å². The second-order valence-corrected chi connectivity index (χ2v) is 17.6. The van der Waals surface area contributed by atoms with Gasteiger partial charge >= 0.3 is 37.7 Å². The Bertz CT molecular complexity index is 3100. The second-order valence-electron chi connectivity index (χ2n) is 14.2. The molecule has 0 radical (unpaired) electrons. The monoisotopic (exact) mass is 878 g/mol. The average molecular weight is 879 g/mol. The van der Waals surface area contributed by atoms with Crippen molar-refractivity contribution in [3.05, 3.63) is 124 Å². The number of pyridine rings is 1. The van der Waals surface area contributed by atoms with Crippen molar-refractivity contribution in [1.29, 1.82) is 5.26 Å². The van der Waals surface area contributed by atoms with E-state index < -0.39 is 10.1 Å². The fourth-order valence-corrected chi connectivity index (χ4v) is 9.81. The Morgan fingerprint density at radius 2 is 1.49 bits per heavy atom. The molecule has 4 aromatic carbocycles. The molecule has 0 saturated heterocycles. The number of aromatic nitrogens is 5. The van der Waals surface area contributed by atoms with Crippen molar-refractivity contribution >= 4 is 92.9 Å². The summed E-state index contributed by atoms with van der Waals surface area (Å²) in [6, 6.07) is 29.5. The van der Waals surface area contributed by atoms with Crippen LogP contribution in [0.15, 0.2) is 94.0 Å². The maximum Gasteiger partial charge on any atom is 1.00 e. The van der Waals surface area contributed by atoms with Crippen molar-refractivity contribution in [2.75, 3.05) is 10.2 Å². The molecule has 0 aliphatic carbocycles. The zero-order valence-corrected chi connectivity index (χ0v) is 38.8. The molecule has 0 fully saturated rings. The molecule has 8 rings (SSSR count). The number of thiazole rings is 2. The van der Waals surface area contributed by atoms with E-state index >= 15 is 0 Å². The summed E-state index contributed by atoms with van der Waals surface area (Å²) in [5, 5.41) is 29.4. The molecule has 0 aliphatic heterocycles. The van der Waals surface area contributed by atoms with Crippen LogP contribution in [-0.4, -0.2) is 37.7 Å². The molecule has 1 N–H and O–H groups in total. The Morgan fingerprint density at radius 3 is 2.11 bits per heavy atom. The molecular formula is C45H40Li2N10O3S3. The van der Waals surface area contributed by atoms with Gasteiger partial charge in [0, 0.05) is 5.69 Å². The second kappa shape index (κ2) is 19.7. The molecule has 4 heterocycles. The maximum atomic E-state index is 12.0. The first kappa shape index (κ1) is 47.3. The van der Waals surface area contributed by atoms with E-state index in [4.69, 9.17) is 25.2 Å². The van der Waals surface area contributed by atoms with Gasteiger partial charge in [-0.25, -0.2) is 23.4 Å². The molecule has 18 heteroatoms. The first-order valence-corrected chi connectivity index (χ1v) is 22.9. The zero-order chi connectivity index (χ0) is 43.0. The van der Waals surface area contributed by atoms with Gasteiger partial charge in [-0.3, -0.25) is 4.90 Å². The van der Waals surface area contributed by atoms with Crippen molar-refractivity contribution in [2.24, 2.45) is 10.2 Å². The van der Waals surface area contributed by atoms with Gasteiger partial charge in [-0.2, -0.15) is 44.6 Å². The number of aryl methyl sites for hydroxylation is 6. The van der Waals surface area contributed by atoms with Gasteiger partial charge in [0.1, 0.15) is 33.3 Å². The number of para-hydroxylation sites is 2. The van der Waals surface area contributed by atoms with E-state index in [-0.39, 0.29) is 54.0 Å². The largest absolute Gasteiger partial charge is 1.00 e. The molecule has 0 bridgehead atoms. The van der Waals surface area contributed by atoms with Crippen LogP contribution < -0.4 is 47.9 Å². The van der Waals surface area contributed by atoms with E-state index in [1.807, 2.05) is 36.1 Å². The standard InChI is InChI=1S/C45H41N10O3S3.2Li/c1-7-28-15-13-16-29(8-2)40(28)50-42-39(51-52-43-33(25-46)27(6)53-55(43)45-48-34-19-11-12-20-36(34)59-45)26(5)23-38(49-42)54(41-30(9-3)17-14-18-31(41)10-4)44-47-35-22-21-32(61(56,57)58)24-37(35)60-44;;/h11,13-24H,7-10H2,1-6H3,(H,49,50)(H,56,57,58);;/q-1;2*+1/p-1. The Labute approximate surface area is 398 Å². The Kier molecular flexibility index (Phi) is 14.8. The van der Waals surface area contributed by atoms with Gasteiger partial charge < -0.3 is 9.87 Å². The van der Waals surface area contributed by atoms with Crippen LogP contribution in [0.5, 0.6) is 0 Å². The van der Waals surface area contributed by atoms with E-state index in [1.165, 1.54) is 34.8 Å². The summed E-state index contributed by atoms with van der Waals surface area (Å²) in [4.78, 5) is 16.8. The first-order valence-electron chi connectivity index (χ1n) is 19.8. The van der Waals surface area contributed by atoms with E-state index in [0.717, 1.165) is 62.3 Å². The first-order chi connectivity index (χ1) is 29.5. The Hall–Kier alpha value is -5.19. The number of fused-ring (bicyclic) bond motifs is 2. The number of anilines is 5. The van der Waals surface area contributed by atoms with E-state index in [2.05, 4.69) is 80.6 Å². The molecular weight excluding hydrogens is 839 g/mol. The predicted octanol–water partition coefficient (Wildman–Crippen LogP) is 5.57. The normalized spacial score (nSPS) is 11.5. The van der Waals surface area contributed by atoms with Gasteiger partial charge in [-0.15, -0.1) is 16.3 Å². The zero-order valence-electron chi connectivity index (χ0n) is 36.3. The Morgan fingerprint density at radius 1 is 0.841 bits per heavy atom. The molecule has 308 valence electrons. The topological polar surface area (TPSA) is 177 Å². The van der Waals surface area contributed by atoms with E-state index in [9.17, 15) is 18.2 Å². The molecule has 0 spiro atoms. The molecule has 0 unspecified atom stereocenters. The van der Waals surface area contributed by atoms with Crippen LogP contribution in [0.3, 0.4) is 0 Å². The van der Waals surface area contributed by atoms with Crippen LogP contribution in [0, 0.1) is 31.2 Å². The van der Waals surface area contributed by atoms with Crippen molar-refractivity contribution in [3.8, 4) is 11.2 Å². The van der Waals surface area contributed by atoms with Crippen LogP contribution in [0.2, 0.25) is 0 Å². The van der Waals surface area contributed by atoms with E-state index in [0.29, 0.717) is 56.3 Å². The predicted molar refractivity (Wildman–Crippen MR) is 241 cm³/mol. The minimum atomic E-state index is -4.69. The van der Waals surface area contributed by atoms with E-state index in [1.54, 1.807) is 23.7 Å².